The summed E-state index contributed by atoms with van der Waals surface area (Å²) in [6, 6.07) is 10.0. The predicted molar refractivity (Wildman–Crippen MR) is 124 cm³/mol. The van der Waals surface area contributed by atoms with E-state index in [-0.39, 0.29) is 5.56 Å². The Morgan fingerprint density at radius 2 is 1.80 bits per heavy atom. The summed E-state index contributed by atoms with van der Waals surface area (Å²) in [5.41, 5.74) is 2.06. The number of carboxylic acids is 1. The molecule has 0 amide bonds. The molecule has 4 rings (SSSR count). The number of anilines is 1. The quantitative estimate of drug-likeness (QED) is 0.538. The SMILES string of the molecule is CC#CCn1c(N2CCNCC2)nc2nc(Cc3ccccc3)n(C)c(=O)c21.O=C(O)C(F)(F)F. The molecular formula is C23H25F3N6O3. The van der Waals surface area contributed by atoms with Crippen molar-refractivity contribution in [3.8, 4) is 11.8 Å². The summed E-state index contributed by atoms with van der Waals surface area (Å²) in [5, 5.41) is 10.5. The Balaban J connectivity index is 0.000000429. The Hall–Kier alpha value is -3.85. The van der Waals surface area contributed by atoms with Crippen LogP contribution in [-0.2, 0) is 24.8 Å². The fourth-order valence-corrected chi connectivity index (χ4v) is 3.54. The number of hydrogen-bond donors (Lipinski definition) is 2. The molecule has 2 N–H and O–H groups in total. The molecule has 1 saturated heterocycles. The first-order chi connectivity index (χ1) is 16.6. The molecule has 0 spiro atoms. The summed E-state index contributed by atoms with van der Waals surface area (Å²) in [6.07, 6.45) is -4.49. The Morgan fingerprint density at radius 1 is 1.17 bits per heavy atom. The second kappa shape index (κ2) is 11.1. The van der Waals surface area contributed by atoms with Gasteiger partial charge in [-0.05, 0) is 12.5 Å². The smallest absolute Gasteiger partial charge is 0.475 e. The number of alkyl halides is 3. The highest BCUT2D eigenvalue weighted by Gasteiger charge is 2.38. The van der Waals surface area contributed by atoms with Crippen molar-refractivity contribution in [1.82, 2.24) is 24.4 Å². The lowest BCUT2D eigenvalue weighted by molar-refractivity contribution is -0.192. The fraction of sp³-hybridized carbons (Fsp3) is 0.391. The van der Waals surface area contributed by atoms with E-state index in [2.05, 4.69) is 22.1 Å². The number of hydrogen-bond acceptors (Lipinski definition) is 6. The van der Waals surface area contributed by atoms with Crippen molar-refractivity contribution in [3.05, 3.63) is 52.1 Å². The monoisotopic (exact) mass is 490 g/mol. The molecule has 0 bridgehead atoms. The molecule has 2 aromatic heterocycles. The Morgan fingerprint density at radius 3 is 2.37 bits per heavy atom. The third-order valence-corrected chi connectivity index (χ3v) is 5.32. The first-order valence-corrected chi connectivity index (χ1v) is 10.8. The summed E-state index contributed by atoms with van der Waals surface area (Å²) in [6.45, 7) is 5.72. The Bertz CT molecular complexity index is 1300. The van der Waals surface area contributed by atoms with Crippen LogP contribution >= 0.6 is 0 Å². The van der Waals surface area contributed by atoms with Crippen LogP contribution in [0.25, 0.3) is 11.2 Å². The van der Waals surface area contributed by atoms with E-state index >= 15 is 0 Å². The molecule has 0 saturated carbocycles. The second-order valence-corrected chi connectivity index (χ2v) is 7.69. The minimum atomic E-state index is -5.08. The highest BCUT2D eigenvalue weighted by molar-refractivity contribution is 5.74. The lowest BCUT2D eigenvalue weighted by Gasteiger charge is -2.28. The largest absolute Gasteiger partial charge is 0.490 e. The van der Waals surface area contributed by atoms with Gasteiger partial charge in [-0.1, -0.05) is 36.3 Å². The van der Waals surface area contributed by atoms with Gasteiger partial charge in [0.2, 0.25) is 5.95 Å². The van der Waals surface area contributed by atoms with E-state index in [0.717, 1.165) is 37.7 Å². The third-order valence-electron chi connectivity index (χ3n) is 5.32. The van der Waals surface area contributed by atoms with E-state index in [0.29, 0.717) is 30.0 Å². The number of carbonyl (C=O) groups is 1. The zero-order valence-corrected chi connectivity index (χ0v) is 19.3. The van der Waals surface area contributed by atoms with Crippen LogP contribution in [0.5, 0.6) is 0 Å². The van der Waals surface area contributed by atoms with Gasteiger partial charge in [-0.25, -0.2) is 9.78 Å². The molecule has 1 fully saturated rings. The molecule has 1 aromatic carbocycles. The van der Waals surface area contributed by atoms with Crippen molar-refractivity contribution in [1.29, 1.82) is 0 Å². The van der Waals surface area contributed by atoms with E-state index in [4.69, 9.17) is 19.9 Å². The van der Waals surface area contributed by atoms with Crippen LogP contribution in [-0.4, -0.2) is 62.5 Å². The topological polar surface area (TPSA) is 105 Å². The number of aliphatic carboxylic acids is 1. The van der Waals surface area contributed by atoms with Crippen molar-refractivity contribution in [2.45, 2.75) is 26.1 Å². The van der Waals surface area contributed by atoms with Crippen molar-refractivity contribution in [2.24, 2.45) is 7.05 Å². The Kier molecular flexibility index (Phi) is 8.14. The maximum absolute atomic E-state index is 13.2. The van der Waals surface area contributed by atoms with Crippen LogP contribution in [0.3, 0.4) is 0 Å². The van der Waals surface area contributed by atoms with Gasteiger partial charge in [-0.15, -0.1) is 5.92 Å². The van der Waals surface area contributed by atoms with Gasteiger partial charge < -0.3 is 15.3 Å². The molecule has 3 heterocycles. The van der Waals surface area contributed by atoms with E-state index in [9.17, 15) is 18.0 Å². The van der Waals surface area contributed by atoms with Gasteiger partial charge in [0.15, 0.2) is 11.2 Å². The maximum atomic E-state index is 13.2. The first kappa shape index (κ1) is 25.8. The van der Waals surface area contributed by atoms with Gasteiger partial charge in [-0.3, -0.25) is 13.9 Å². The number of aromatic nitrogens is 4. The molecule has 35 heavy (non-hydrogen) atoms. The summed E-state index contributed by atoms with van der Waals surface area (Å²) in [7, 11) is 1.78. The standard InChI is InChI=1S/C21H24N6O.C2HF3O2/c1-3-4-12-27-18-19(24-21(27)26-13-10-22-11-14-26)23-17(25(2)20(18)28)15-16-8-6-5-7-9-16;3-2(4,5)1(6)7/h5-9,22H,10-15H2,1-2H3;(H,6,7). The van der Waals surface area contributed by atoms with Crippen LogP contribution in [0.4, 0.5) is 19.1 Å². The normalized spacial score (nSPS) is 13.6. The molecule has 0 atom stereocenters. The van der Waals surface area contributed by atoms with Gasteiger partial charge in [0.1, 0.15) is 5.82 Å². The zero-order chi connectivity index (χ0) is 25.6. The summed E-state index contributed by atoms with van der Waals surface area (Å²) in [5.74, 6) is 4.73. The van der Waals surface area contributed by atoms with Crippen molar-refractivity contribution in [3.63, 3.8) is 0 Å². The van der Waals surface area contributed by atoms with Gasteiger partial charge in [0.05, 0.1) is 6.54 Å². The number of rotatable bonds is 4. The van der Waals surface area contributed by atoms with Crippen LogP contribution in [0.15, 0.2) is 35.1 Å². The fourth-order valence-electron chi connectivity index (χ4n) is 3.54. The molecule has 0 radical (unpaired) electrons. The highest BCUT2D eigenvalue weighted by atomic mass is 19.4. The summed E-state index contributed by atoms with van der Waals surface area (Å²) in [4.78, 5) is 33.8. The minimum absolute atomic E-state index is 0.0808. The minimum Gasteiger partial charge on any atom is -0.475 e. The number of benzene rings is 1. The molecule has 1 aliphatic rings. The molecule has 0 unspecified atom stereocenters. The molecule has 12 heteroatoms. The van der Waals surface area contributed by atoms with Crippen LogP contribution in [0.1, 0.15) is 18.3 Å². The maximum Gasteiger partial charge on any atom is 0.490 e. The lowest BCUT2D eigenvalue weighted by Crippen LogP contribution is -2.44. The number of nitrogens with one attached hydrogen (secondary N) is 1. The van der Waals surface area contributed by atoms with E-state index < -0.39 is 12.1 Å². The average Bonchev–Trinajstić information content (AvgIpc) is 3.20. The van der Waals surface area contributed by atoms with Crippen molar-refractivity contribution in [2.75, 3.05) is 31.1 Å². The first-order valence-electron chi connectivity index (χ1n) is 10.8. The molecule has 3 aromatic rings. The molecule has 186 valence electrons. The zero-order valence-electron chi connectivity index (χ0n) is 19.3. The lowest BCUT2D eigenvalue weighted by atomic mass is 10.1. The number of carboxylic acid groups (broad SMARTS) is 1. The molecule has 0 aliphatic carbocycles. The number of fused-ring (bicyclic) bond motifs is 1. The second-order valence-electron chi connectivity index (χ2n) is 7.69. The Labute approximate surface area is 199 Å². The molecule has 9 nitrogen and oxygen atoms in total. The van der Waals surface area contributed by atoms with Crippen LogP contribution < -0.4 is 15.8 Å². The van der Waals surface area contributed by atoms with Gasteiger partial charge in [-0.2, -0.15) is 18.2 Å². The summed E-state index contributed by atoms with van der Waals surface area (Å²) >= 11 is 0. The number of nitrogens with zero attached hydrogens (tertiary/aromatic N) is 5. The average molecular weight is 490 g/mol. The third kappa shape index (κ3) is 6.19. The highest BCUT2D eigenvalue weighted by Crippen LogP contribution is 2.20. The van der Waals surface area contributed by atoms with E-state index in [1.165, 1.54) is 0 Å². The molecular weight excluding hydrogens is 465 g/mol. The van der Waals surface area contributed by atoms with Crippen molar-refractivity contribution < 1.29 is 23.1 Å². The predicted octanol–water partition coefficient (Wildman–Crippen LogP) is 1.79. The summed E-state index contributed by atoms with van der Waals surface area (Å²) < 4.78 is 35.3. The van der Waals surface area contributed by atoms with E-state index in [1.54, 1.807) is 18.5 Å². The van der Waals surface area contributed by atoms with Gasteiger partial charge >= 0.3 is 12.1 Å². The van der Waals surface area contributed by atoms with Crippen LogP contribution in [0.2, 0.25) is 0 Å². The van der Waals surface area contributed by atoms with Crippen molar-refractivity contribution >= 4 is 23.1 Å². The number of piperazine rings is 1. The number of imidazole rings is 1. The molecule has 1 aliphatic heterocycles. The van der Waals surface area contributed by atoms with Gasteiger partial charge in [0, 0.05) is 39.6 Å². The van der Waals surface area contributed by atoms with E-state index in [1.807, 2.05) is 34.9 Å². The number of halogens is 3. The van der Waals surface area contributed by atoms with Gasteiger partial charge in [0.25, 0.3) is 5.56 Å². The van der Waals surface area contributed by atoms with Crippen LogP contribution in [0, 0.1) is 11.8 Å².